The number of nitrogens with zero attached hydrogens (tertiary/aromatic N) is 2. The minimum absolute atomic E-state index is 0.0519. The number of esters is 1. The van der Waals surface area contributed by atoms with Gasteiger partial charge in [0.05, 0.1) is 7.11 Å². The van der Waals surface area contributed by atoms with Crippen LogP contribution in [0.3, 0.4) is 0 Å². The minimum Gasteiger partial charge on any atom is -0.480 e. The van der Waals surface area contributed by atoms with Crippen LogP contribution in [0.15, 0.2) is 42.7 Å². The largest absolute Gasteiger partial charge is 0.480 e. The summed E-state index contributed by atoms with van der Waals surface area (Å²) in [5.74, 6) is -1.77. The summed E-state index contributed by atoms with van der Waals surface area (Å²) >= 11 is 0. The van der Waals surface area contributed by atoms with Crippen molar-refractivity contribution in [2.24, 2.45) is 0 Å². The molecule has 0 saturated carbocycles. The Balaban J connectivity index is 2.03. The van der Waals surface area contributed by atoms with Crippen molar-refractivity contribution in [1.29, 1.82) is 0 Å². The van der Waals surface area contributed by atoms with Gasteiger partial charge in [0.15, 0.2) is 5.82 Å². The predicted molar refractivity (Wildman–Crippen MR) is 87.6 cm³/mol. The van der Waals surface area contributed by atoms with Crippen molar-refractivity contribution in [2.75, 3.05) is 7.11 Å². The highest BCUT2D eigenvalue weighted by Gasteiger charge is 2.22. The Kier molecular flexibility index (Phi) is 6.16. The molecule has 1 atom stereocenters. The Morgan fingerprint density at radius 1 is 1.16 bits per heavy atom. The van der Waals surface area contributed by atoms with Gasteiger partial charge in [-0.15, -0.1) is 0 Å². The van der Waals surface area contributed by atoms with Crippen LogP contribution in [0.25, 0.3) is 11.4 Å². The quantitative estimate of drug-likeness (QED) is 0.727. The van der Waals surface area contributed by atoms with Crippen molar-refractivity contribution in [2.45, 2.75) is 18.9 Å². The molecule has 1 aromatic heterocycles. The average molecular weight is 343 g/mol. The number of carboxylic acid groups (broad SMARTS) is 1. The van der Waals surface area contributed by atoms with Gasteiger partial charge in [-0.1, -0.05) is 12.1 Å². The molecule has 0 aliphatic carbocycles. The van der Waals surface area contributed by atoms with E-state index in [9.17, 15) is 14.4 Å². The third-order valence-electron chi connectivity index (χ3n) is 3.44. The first-order valence-electron chi connectivity index (χ1n) is 7.49. The van der Waals surface area contributed by atoms with Crippen LogP contribution in [0.2, 0.25) is 0 Å². The highest BCUT2D eigenvalue weighted by Crippen LogP contribution is 2.15. The maximum Gasteiger partial charge on any atom is 0.326 e. The molecule has 0 radical (unpaired) electrons. The van der Waals surface area contributed by atoms with Crippen LogP contribution in [-0.4, -0.2) is 46.1 Å². The molecule has 0 spiro atoms. The number of aliphatic carboxylic acids is 1. The van der Waals surface area contributed by atoms with Crippen LogP contribution in [-0.2, 0) is 14.3 Å². The van der Waals surface area contributed by atoms with Gasteiger partial charge >= 0.3 is 11.9 Å². The number of ether oxygens (including phenoxy) is 1. The highest BCUT2D eigenvalue weighted by molar-refractivity contribution is 5.97. The third-order valence-corrected chi connectivity index (χ3v) is 3.44. The maximum atomic E-state index is 12.2. The fourth-order valence-corrected chi connectivity index (χ4v) is 2.08. The zero-order valence-electron chi connectivity index (χ0n) is 13.5. The molecule has 2 rings (SSSR count). The molecule has 2 N–H and O–H groups in total. The summed E-state index contributed by atoms with van der Waals surface area (Å²) in [7, 11) is 1.22. The second-order valence-corrected chi connectivity index (χ2v) is 5.13. The van der Waals surface area contributed by atoms with E-state index in [1.54, 1.807) is 42.7 Å². The van der Waals surface area contributed by atoms with E-state index >= 15 is 0 Å². The summed E-state index contributed by atoms with van der Waals surface area (Å²) in [5.41, 5.74) is 1.03. The summed E-state index contributed by atoms with van der Waals surface area (Å²) in [5, 5.41) is 11.6. The summed E-state index contributed by atoms with van der Waals surface area (Å²) in [6.07, 6.45) is 3.07. The summed E-state index contributed by atoms with van der Waals surface area (Å²) < 4.78 is 4.47. The van der Waals surface area contributed by atoms with Gasteiger partial charge in [-0.2, -0.15) is 0 Å². The van der Waals surface area contributed by atoms with E-state index in [2.05, 4.69) is 20.0 Å². The van der Waals surface area contributed by atoms with Crippen LogP contribution in [0, 0.1) is 0 Å². The number of carboxylic acids is 1. The van der Waals surface area contributed by atoms with Gasteiger partial charge in [-0.3, -0.25) is 9.59 Å². The topological polar surface area (TPSA) is 118 Å². The predicted octanol–water partition coefficient (Wildman–Crippen LogP) is 1.28. The molecular weight excluding hydrogens is 326 g/mol. The van der Waals surface area contributed by atoms with Gasteiger partial charge < -0.3 is 15.2 Å². The first-order chi connectivity index (χ1) is 12.0. The lowest BCUT2D eigenvalue weighted by Crippen LogP contribution is -2.41. The number of carbonyl (C=O) groups excluding carboxylic acids is 2. The normalized spacial score (nSPS) is 11.4. The van der Waals surface area contributed by atoms with E-state index in [0.29, 0.717) is 11.4 Å². The molecule has 1 unspecified atom stereocenters. The number of hydrogen-bond donors (Lipinski definition) is 2. The second-order valence-electron chi connectivity index (χ2n) is 5.13. The van der Waals surface area contributed by atoms with Crippen molar-refractivity contribution in [3.8, 4) is 11.4 Å². The third kappa shape index (κ3) is 5.10. The molecule has 25 heavy (non-hydrogen) atoms. The number of amides is 1. The lowest BCUT2D eigenvalue weighted by molar-refractivity contribution is -0.142. The fraction of sp³-hybridized carbons (Fsp3) is 0.235. The zero-order valence-corrected chi connectivity index (χ0v) is 13.5. The van der Waals surface area contributed by atoms with Crippen LogP contribution in [0.5, 0.6) is 0 Å². The molecule has 1 amide bonds. The molecule has 0 aliphatic heterocycles. The molecule has 0 bridgehead atoms. The first kappa shape index (κ1) is 18.1. The number of benzene rings is 1. The number of aromatic nitrogens is 2. The molecule has 130 valence electrons. The Morgan fingerprint density at radius 3 is 2.36 bits per heavy atom. The van der Waals surface area contributed by atoms with Gasteiger partial charge in [0.1, 0.15) is 6.04 Å². The van der Waals surface area contributed by atoms with Crippen LogP contribution in [0.4, 0.5) is 0 Å². The molecule has 1 aromatic carbocycles. The smallest absolute Gasteiger partial charge is 0.326 e. The van der Waals surface area contributed by atoms with Crippen LogP contribution in [0.1, 0.15) is 23.2 Å². The van der Waals surface area contributed by atoms with Crippen LogP contribution >= 0.6 is 0 Å². The SMILES string of the molecule is COC(=O)CCC(NC(=O)c1ccc(-c2ncccn2)cc1)C(=O)O. The first-order valence-corrected chi connectivity index (χ1v) is 7.49. The zero-order chi connectivity index (χ0) is 18.2. The van der Waals surface area contributed by atoms with E-state index in [1.807, 2.05) is 0 Å². The number of hydrogen-bond acceptors (Lipinski definition) is 6. The van der Waals surface area contributed by atoms with Crippen molar-refractivity contribution >= 4 is 17.8 Å². The lowest BCUT2D eigenvalue weighted by atomic mass is 10.1. The number of rotatable bonds is 7. The number of carbonyl (C=O) groups is 3. The maximum absolute atomic E-state index is 12.2. The van der Waals surface area contributed by atoms with Crippen molar-refractivity contribution in [1.82, 2.24) is 15.3 Å². The number of nitrogens with one attached hydrogen (secondary N) is 1. The Bertz CT molecular complexity index is 747. The molecule has 0 fully saturated rings. The Labute approximate surface area is 143 Å². The Morgan fingerprint density at radius 2 is 1.80 bits per heavy atom. The number of methoxy groups -OCH3 is 1. The van der Waals surface area contributed by atoms with E-state index < -0.39 is 23.9 Å². The van der Waals surface area contributed by atoms with Gasteiger partial charge in [0, 0.05) is 29.9 Å². The molecule has 0 saturated heterocycles. The van der Waals surface area contributed by atoms with E-state index in [1.165, 1.54) is 7.11 Å². The second kappa shape index (κ2) is 8.53. The van der Waals surface area contributed by atoms with E-state index in [0.717, 1.165) is 5.56 Å². The summed E-state index contributed by atoms with van der Waals surface area (Å²) in [4.78, 5) is 42.8. The van der Waals surface area contributed by atoms with Crippen molar-refractivity contribution in [3.05, 3.63) is 48.3 Å². The van der Waals surface area contributed by atoms with E-state index in [-0.39, 0.29) is 12.8 Å². The van der Waals surface area contributed by atoms with Crippen molar-refractivity contribution in [3.63, 3.8) is 0 Å². The monoisotopic (exact) mass is 343 g/mol. The molecule has 1 heterocycles. The van der Waals surface area contributed by atoms with Gasteiger partial charge in [0.2, 0.25) is 0 Å². The van der Waals surface area contributed by atoms with Gasteiger partial charge in [0.25, 0.3) is 5.91 Å². The molecule has 0 aliphatic rings. The van der Waals surface area contributed by atoms with Crippen molar-refractivity contribution < 1.29 is 24.2 Å². The van der Waals surface area contributed by atoms with Gasteiger partial charge in [-0.05, 0) is 24.6 Å². The lowest BCUT2D eigenvalue weighted by Gasteiger charge is -2.14. The average Bonchev–Trinajstić information content (AvgIpc) is 2.65. The highest BCUT2D eigenvalue weighted by atomic mass is 16.5. The van der Waals surface area contributed by atoms with E-state index in [4.69, 9.17) is 5.11 Å². The summed E-state index contributed by atoms with van der Waals surface area (Å²) in [6, 6.07) is 6.98. The van der Waals surface area contributed by atoms with Gasteiger partial charge in [-0.25, -0.2) is 14.8 Å². The minimum atomic E-state index is -1.22. The molecule has 2 aromatic rings. The standard InChI is InChI=1S/C17H17N3O5/c1-25-14(21)8-7-13(17(23)24)20-16(22)12-5-3-11(4-6-12)15-18-9-2-10-19-15/h2-6,9-10,13H,7-8H2,1H3,(H,20,22)(H,23,24). The fourth-order valence-electron chi connectivity index (χ4n) is 2.08. The molecule has 8 heteroatoms. The molecular formula is C17H17N3O5. The Hall–Kier alpha value is -3.29. The summed E-state index contributed by atoms with van der Waals surface area (Å²) in [6.45, 7) is 0. The van der Waals surface area contributed by atoms with Crippen LogP contribution < -0.4 is 5.32 Å². The molecule has 8 nitrogen and oxygen atoms in total.